The molecule has 2 rings (SSSR count). The Balaban J connectivity index is 2.22. The molecule has 0 fully saturated rings. The fraction of sp³-hybridized carbons (Fsp3) is 0.267. The number of aromatic hydroxyl groups is 1. The Morgan fingerprint density at radius 3 is 2.40 bits per heavy atom. The van der Waals surface area contributed by atoms with E-state index in [1.165, 1.54) is 50.7 Å². The number of hydrogen-bond acceptors (Lipinski definition) is 5. The molecule has 1 aliphatic rings. The highest BCUT2D eigenvalue weighted by molar-refractivity contribution is 6.02. The van der Waals surface area contributed by atoms with Crippen LogP contribution in [0.5, 0.6) is 11.5 Å². The number of Topliss-reactive ketones (excluding diaryl/α,β-unsaturated/α-hetero) is 1. The number of carbonyl (C=O) groups excluding carboxylic acids is 1. The van der Waals surface area contributed by atoms with E-state index in [4.69, 9.17) is 9.47 Å². The average Bonchev–Trinajstić information content (AvgIpc) is 2.47. The maximum Gasteiger partial charge on any atom is 0.205 e. The van der Waals surface area contributed by atoms with Crippen LogP contribution in [0.15, 0.2) is 42.5 Å². The number of ether oxygens (including phenoxy) is 2. The van der Waals surface area contributed by atoms with Crippen LogP contribution in [0, 0.1) is 5.92 Å². The number of benzene rings is 1. The predicted molar refractivity (Wildman–Crippen MR) is 72.7 cm³/mol. The van der Waals surface area contributed by atoms with Gasteiger partial charge in [-0.05, 0) is 24.3 Å². The summed E-state index contributed by atoms with van der Waals surface area (Å²) in [6.07, 6.45) is 5.87. The summed E-state index contributed by atoms with van der Waals surface area (Å²) in [6.45, 7) is 0. The second-order valence-corrected chi connectivity index (χ2v) is 4.45. The molecule has 0 heterocycles. The smallest absolute Gasteiger partial charge is 0.205 e. The standard InChI is InChI=1S/C15H16O5/c1-19-11-3-4-12(13(16)9-11)14(17)10-5-7-15(18,20-2)8-6-10/h3-10,16,18H,1-2H3. The van der Waals surface area contributed by atoms with Gasteiger partial charge in [0.25, 0.3) is 0 Å². The number of carbonyl (C=O) groups is 1. The van der Waals surface area contributed by atoms with E-state index in [2.05, 4.69) is 0 Å². The van der Waals surface area contributed by atoms with Crippen molar-refractivity contribution in [1.29, 1.82) is 0 Å². The van der Waals surface area contributed by atoms with Gasteiger partial charge in [-0.15, -0.1) is 0 Å². The maximum atomic E-state index is 12.3. The van der Waals surface area contributed by atoms with E-state index in [9.17, 15) is 15.0 Å². The van der Waals surface area contributed by atoms with Crippen LogP contribution < -0.4 is 4.74 Å². The van der Waals surface area contributed by atoms with Crippen molar-refractivity contribution in [2.45, 2.75) is 5.79 Å². The second-order valence-electron chi connectivity index (χ2n) is 4.45. The summed E-state index contributed by atoms with van der Waals surface area (Å²) in [5.74, 6) is -1.95. The molecule has 106 valence electrons. The maximum absolute atomic E-state index is 12.3. The SMILES string of the molecule is COc1ccc(C(=O)C2C=CC(O)(OC)C=C2)c(O)c1. The van der Waals surface area contributed by atoms with Gasteiger partial charge in [0, 0.05) is 13.2 Å². The Morgan fingerprint density at radius 1 is 1.25 bits per heavy atom. The topological polar surface area (TPSA) is 76.0 Å². The molecule has 1 aromatic carbocycles. The van der Waals surface area contributed by atoms with E-state index in [-0.39, 0.29) is 17.1 Å². The Morgan fingerprint density at radius 2 is 1.90 bits per heavy atom. The first kappa shape index (κ1) is 14.3. The number of ketones is 1. The van der Waals surface area contributed by atoms with Crippen LogP contribution in [0.25, 0.3) is 0 Å². The fourth-order valence-corrected chi connectivity index (χ4v) is 1.94. The predicted octanol–water partition coefficient (Wildman–Crippen LogP) is 1.66. The summed E-state index contributed by atoms with van der Waals surface area (Å²) in [6, 6.07) is 4.50. The van der Waals surface area contributed by atoms with Gasteiger partial charge in [0.15, 0.2) is 5.78 Å². The van der Waals surface area contributed by atoms with E-state index in [0.717, 1.165) is 0 Å². The van der Waals surface area contributed by atoms with Gasteiger partial charge in [0.1, 0.15) is 11.5 Å². The van der Waals surface area contributed by atoms with E-state index >= 15 is 0 Å². The number of rotatable bonds is 4. The van der Waals surface area contributed by atoms with E-state index in [1.54, 1.807) is 6.07 Å². The molecule has 0 bridgehead atoms. The lowest BCUT2D eigenvalue weighted by atomic mass is 9.91. The Bertz CT molecular complexity index is 560. The molecule has 0 unspecified atom stereocenters. The van der Waals surface area contributed by atoms with Crippen LogP contribution in [0.3, 0.4) is 0 Å². The van der Waals surface area contributed by atoms with Crippen molar-refractivity contribution in [1.82, 2.24) is 0 Å². The summed E-state index contributed by atoms with van der Waals surface area (Å²) in [7, 11) is 2.85. The van der Waals surface area contributed by atoms with Gasteiger partial charge in [0.05, 0.1) is 18.6 Å². The number of hydrogen-bond donors (Lipinski definition) is 2. The van der Waals surface area contributed by atoms with Gasteiger partial charge >= 0.3 is 0 Å². The molecule has 0 atom stereocenters. The van der Waals surface area contributed by atoms with E-state index in [1.807, 2.05) is 0 Å². The van der Waals surface area contributed by atoms with Gasteiger partial charge in [-0.2, -0.15) is 0 Å². The third kappa shape index (κ3) is 2.74. The molecule has 0 aliphatic heterocycles. The molecule has 1 aliphatic carbocycles. The number of aliphatic hydroxyl groups is 1. The molecule has 2 N–H and O–H groups in total. The first-order valence-electron chi connectivity index (χ1n) is 6.06. The largest absolute Gasteiger partial charge is 0.507 e. The first-order chi connectivity index (χ1) is 9.49. The minimum atomic E-state index is -1.47. The van der Waals surface area contributed by atoms with Gasteiger partial charge in [-0.25, -0.2) is 0 Å². The minimum absolute atomic E-state index is 0.135. The van der Waals surface area contributed by atoms with Gasteiger partial charge in [0.2, 0.25) is 5.79 Å². The van der Waals surface area contributed by atoms with Crippen molar-refractivity contribution in [3.05, 3.63) is 48.1 Å². The van der Waals surface area contributed by atoms with Crippen LogP contribution in [-0.2, 0) is 4.74 Å². The van der Waals surface area contributed by atoms with E-state index < -0.39 is 11.7 Å². The second kappa shape index (κ2) is 5.48. The number of phenols is 1. The molecule has 0 saturated carbocycles. The average molecular weight is 276 g/mol. The van der Waals surface area contributed by atoms with Crippen molar-refractivity contribution >= 4 is 5.78 Å². The van der Waals surface area contributed by atoms with Gasteiger partial charge in [-0.3, -0.25) is 4.79 Å². The van der Waals surface area contributed by atoms with Crippen molar-refractivity contribution in [2.75, 3.05) is 14.2 Å². The van der Waals surface area contributed by atoms with Crippen molar-refractivity contribution in [2.24, 2.45) is 5.92 Å². The van der Waals surface area contributed by atoms with Crippen molar-refractivity contribution in [3.63, 3.8) is 0 Å². The quantitative estimate of drug-likeness (QED) is 0.497. The third-order valence-corrected chi connectivity index (χ3v) is 3.18. The molecule has 1 aromatic rings. The first-order valence-corrected chi connectivity index (χ1v) is 6.06. The summed E-state index contributed by atoms with van der Waals surface area (Å²) in [4.78, 5) is 12.3. The molecular weight excluding hydrogens is 260 g/mol. The molecule has 5 nitrogen and oxygen atoms in total. The van der Waals surface area contributed by atoms with Gasteiger partial charge in [-0.1, -0.05) is 12.2 Å². The highest BCUT2D eigenvalue weighted by atomic mass is 16.6. The lowest BCUT2D eigenvalue weighted by Crippen LogP contribution is -2.29. The summed E-state index contributed by atoms with van der Waals surface area (Å²) in [5.41, 5.74) is 0.202. The minimum Gasteiger partial charge on any atom is -0.507 e. The van der Waals surface area contributed by atoms with Crippen LogP contribution in [0.2, 0.25) is 0 Å². The zero-order valence-electron chi connectivity index (χ0n) is 11.2. The molecule has 0 aromatic heterocycles. The molecule has 0 amide bonds. The van der Waals surface area contributed by atoms with Crippen LogP contribution in [-0.4, -0.2) is 36.0 Å². The third-order valence-electron chi connectivity index (χ3n) is 3.18. The lowest BCUT2D eigenvalue weighted by Gasteiger charge is -2.23. The molecule has 0 radical (unpaired) electrons. The highest BCUT2D eigenvalue weighted by Crippen LogP contribution is 2.28. The summed E-state index contributed by atoms with van der Waals surface area (Å²) in [5, 5.41) is 19.6. The Hall–Kier alpha value is -2.11. The van der Waals surface area contributed by atoms with Gasteiger partial charge < -0.3 is 19.7 Å². The lowest BCUT2D eigenvalue weighted by molar-refractivity contribution is -0.107. The summed E-state index contributed by atoms with van der Waals surface area (Å²) < 4.78 is 9.84. The number of methoxy groups -OCH3 is 2. The molecule has 5 heteroatoms. The monoisotopic (exact) mass is 276 g/mol. The van der Waals surface area contributed by atoms with Crippen molar-refractivity contribution < 1.29 is 24.5 Å². The van der Waals surface area contributed by atoms with Crippen LogP contribution in [0.1, 0.15) is 10.4 Å². The summed E-state index contributed by atoms with van der Waals surface area (Å²) >= 11 is 0. The fourth-order valence-electron chi connectivity index (χ4n) is 1.94. The highest BCUT2D eigenvalue weighted by Gasteiger charge is 2.27. The molecule has 0 saturated heterocycles. The van der Waals surface area contributed by atoms with Crippen molar-refractivity contribution in [3.8, 4) is 11.5 Å². The number of allylic oxidation sites excluding steroid dienone is 2. The zero-order valence-corrected chi connectivity index (χ0v) is 11.2. The molecule has 20 heavy (non-hydrogen) atoms. The van der Waals surface area contributed by atoms with Crippen LogP contribution >= 0.6 is 0 Å². The Labute approximate surface area is 116 Å². The molecule has 0 spiro atoms. The zero-order chi connectivity index (χ0) is 14.8. The van der Waals surface area contributed by atoms with Crippen LogP contribution in [0.4, 0.5) is 0 Å². The normalized spacial score (nSPS) is 24.6. The van der Waals surface area contributed by atoms with E-state index in [0.29, 0.717) is 5.75 Å². The Kier molecular flexibility index (Phi) is 3.92. The number of phenolic OH excluding ortho intramolecular Hbond substituents is 1. The molecular formula is C15H16O5.